The lowest BCUT2D eigenvalue weighted by Crippen LogP contribution is -2.28. The lowest BCUT2D eigenvalue weighted by Gasteiger charge is -2.12. The van der Waals surface area contributed by atoms with Crippen molar-refractivity contribution in [3.05, 3.63) is 29.8 Å². The van der Waals surface area contributed by atoms with Gasteiger partial charge in [0.1, 0.15) is 11.9 Å². The molecule has 0 aliphatic heterocycles. The summed E-state index contributed by atoms with van der Waals surface area (Å²) >= 11 is 0. The third-order valence-electron chi connectivity index (χ3n) is 2.51. The minimum absolute atomic E-state index is 0.137. The molecule has 2 rings (SSSR count). The fourth-order valence-electron chi connectivity index (χ4n) is 1.51. The monoisotopic (exact) mass is 284 g/mol. The van der Waals surface area contributed by atoms with E-state index >= 15 is 0 Å². The van der Waals surface area contributed by atoms with Gasteiger partial charge in [0.2, 0.25) is 0 Å². The van der Waals surface area contributed by atoms with E-state index in [1.54, 1.807) is 0 Å². The van der Waals surface area contributed by atoms with Gasteiger partial charge < -0.3 is 4.18 Å². The minimum atomic E-state index is -5.72. The maximum atomic E-state index is 12.9. The van der Waals surface area contributed by atoms with Crippen LogP contribution in [0.4, 0.5) is 17.6 Å². The van der Waals surface area contributed by atoms with Crippen LogP contribution in [-0.2, 0) is 10.1 Å². The number of para-hydroxylation sites is 1. The number of rotatable bonds is 3. The zero-order valence-corrected chi connectivity index (χ0v) is 9.63. The third kappa shape index (κ3) is 2.43. The smallest absolute Gasteiger partial charge is 0.376 e. The van der Waals surface area contributed by atoms with Crippen molar-refractivity contribution in [2.75, 3.05) is 0 Å². The Labute approximate surface area is 100 Å². The predicted octanol–water partition coefficient (Wildman–Crippen LogP) is 2.74. The van der Waals surface area contributed by atoms with Gasteiger partial charge >= 0.3 is 15.6 Å². The Hall–Kier alpha value is -1.31. The highest BCUT2D eigenvalue weighted by Crippen LogP contribution is 2.47. The zero-order chi connectivity index (χ0) is 13.6. The minimum Gasteiger partial charge on any atom is -0.376 e. The molecule has 1 aliphatic rings. The number of hydrogen-bond donors (Lipinski definition) is 0. The van der Waals surface area contributed by atoms with Crippen molar-refractivity contribution in [3.63, 3.8) is 0 Å². The fourth-order valence-corrected chi connectivity index (χ4v) is 2.00. The van der Waals surface area contributed by atoms with Crippen molar-refractivity contribution in [2.24, 2.45) is 0 Å². The SMILES string of the molecule is O=S(=O)(Oc1ccccc1[C@@H]1C[C@H]1F)C(F)(F)F. The third-order valence-corrected chi connectivity index (χ3v) is 3.48. The summed E-state index contributed by atoms with van der Waals surface area (Å²) < 4.78 is 75.1. The van der Waals surface area contributed by atoms with Crippen molar-refractivity contribution < 1.29 is 30.2 Å². The van der Waals surface area contributed by atoms with Gasteiger partial charge in [-0.05, 0) is 12.5 Å². The van der Waals surface area contributed by atoms with Crippen LogP contribution in [-0.4, -0.2) is 20.1 Å². The first-order valence-corrected chi connectivity index (χ1v) is 6.37. The average Bonchev–Trinajstić information content (AvgIpc) is 2.94. The quantitative estimate of drug-likeness (QED) is 0.487. The van der Waals surface area contributed by atoms with Gasteiger partial charge in [0.05, 0.1) is 0 Å². The first-order valence-electron chi connectivity index (χ1n) is 4.96. The van der Waals surface area contributed by atoms with Gasteiger partial charge in [-0.25, -0.2) is 4.39 Å². The number of halogens is 4. The molecule has 0 radical (unpaired) electrons. The lowest BCUT2D eigenvalue weighted by atomic mass is 10.1. The standard InChI is InChI=1S/C10H8F4O3S/c11-8-5-7(8)6-3-1-2-4-9(6)17-18(15,16)10(12,13)14/h1-4,7-8H,5H2/t7-,8+/m0/s1. The lowest BCUT2D eigenvalue weighted by molar-refractivity contribution is -0.0500. The van der Waals surface area contributed by atoms with Gasteiger partial charge in [-0.1, -0.05) is 18.2 Å². The van der Waals surface area contributed by atoms with Crippen LogP contribution < -0.4 is 4.18 Å². The molecule has 1 aromatic rings. The van der Waals surface area contributed by atoms with Crippen LogP contribution in [0.2, 0.25) is 0 Å². The fraction of sp³-hybridized carbons (Fsp3) is 0.400. The summed E-state index contributed by atoms with van der Waals surface area (Å²) in [7, 11) is -5.72. The van der Waals surface area contributed by atoms with Crippen LogP contribution in [0.15, 0.2) is 24.3 Å². The van der Waals surface area contributed by atoms with Crippen LogP contribution in [0.1, 0.15) is 17.9 Å². The molecule has 0 N–H and O–H groups in total. The first-order chi connectivity index (χ1) is 8.22. The van der Waals surface area contributed by atoms with Gasteiger partial charge in [0, 0.05) is 11.5 Å². The summed E-state index contributed by atoms with van der Waals surface area (Å²) in [5.74, 6) is -1.07. The molecule has 1 aliphatic carbocycles. The van der Waals surface area contributed by atoms with Crippen molar-refractivity contribution in [3.8, 4) is 5.75 Å². The summed E-state index contributed by atoms with van der Waals surface area (Å²) in [5, 5.41) is 0. The summed E-state index contributed by atoms with van der Waals surface area (Å²) in [6.07, 6.45) is -1.00. The Bertz CT molecular complexity index is 552. The van der Waals surface area contributed by atoms with Crippen LogP contribution in [0, 0.1) is 0 Å². The highest BCUT2D eigenvalue weighted by atomic mass is 32.2. The van der Waals surface area contributed by atoms with Crippen LogP contribution in [0.5, 0.6) is 5.75 Å². The maximum absolute atomic E-state index is 12.9. The largest absolute Gasteiger partial charge is 0.534 e. The van der Waals surface area contributed by atoms with E-state index in [1.807, 2.05) is 0 Å². The van der Waals surface area contributed by atoms with E-state index in [1.165, 1.54) is 18.2 Å². The van der Waals surface area contributed by atoms with Crippen LogP contribution in [0.25, 0.3) is 0 Å². The van der Waals surface area contributed by atoms with E-state index in [4.69, 9.17) is 0 Å². The van der Waals surface area contributed by atoms with E-state index in [2.05, 4.69) is 4.18 Å². The molecule has 0 amide bonds. The summed E-state index contributed by atoms with van der Waals surface area (Å²) in [5.41, 5.74) is -5.36. The highest BCUT2D eigenvalue weighted by molar-refractivity contribution is 7.88. The molecule has 0 aromatic heterocycles. The Morgan fingerprint density at radius 1 is 1.22 bits per heavy atom. The predicted molar refractivity (Wildman–Crippen MR) is 54.3 cm³/mol. The molecule has 0 bridgehead atoms. The van der Waals surface area contributed by atoms with E-state index < -0.39 is 33.5 Å². The molecule has 0 saturated heterocycles. The molecular weight excluding hydrogens is 276 g/mol. The molecule has 1 saturated carbocycles. The Morgan fingerprint density at radius 3 is 2.28 bits per heavy atom. The number of benzene rings is 1. The molecule has 0 heterocycles. The Morgan fingerprint density at radius 2 is 1.78 bits per heavy atom. The zero-order valence-electron chi connectivity index (χ0n) is 8.82. The molecule has 8 heteroatoms. The first kappa shape index (κ1) is 13.1. The molecule has 0 unspecified atom stereocenters. The van der Waals surface area contributed by atoms with Gasteiger partial charge in [-0.2, -0.15) is 21.6 Å². The van der Waals surface area contributed by atoms with E-state index in [9.17, 15) is 26.0 Å². The maximum Gasteiger partial charge on any atom is 0.534 e. The molecule has 2 atom stereocenters. The summed E-state index contributed by atoms with van der Waals surface area (Å²) in [4.78, 5) is 0. The topological polar surface area (TPSA) is 43.4 Å². The van der Waals surface area contributed by atoms with E-state index in [0.717, 1.165) is 6.07 Å². The second-order valence-electron chi connectivity index (χ2n) is 3.88. The van der Waals surface area contributed by atoms with Gasteiger partial charge in [-0.15, -0.1) is 0 Å². The second-order valence-corrected chi connectivity index (χ2v) is 5.42. The molecule has 100 valence electrons. The Balaban J connectivity index is 2.31. The molecule has 1 aromatic carbocycles. The number of alkyl halides is 4. The average molecular weight is 284 g/mol. The van der Waals surface area contributed by atoms with Crippen molar-refractivity contribution in [1.29, 1.82) is 0 Å². The molecule has 3 nitrogen and oxygen atoms in total. The summed E-state index contributed by atoms with van der Waals surface area (Å²) in [6, 6.07) is 5.23. The number of hydrogen-bond acceptors (Lipinski definition) is 3. The molecule has 18 heavy (non-hydrogen) atoms. The Kier molecular flexibility index (Phi) is 3.00. The molecule has 1 fully saturated rings. The second kappa shape index (κ2) is 4.11. The normalized spacial score (nSPS) is 23.8. The van der Waals surface area contributed by atoms with Gasteiger partial charge in [0.15, 0.2) is 0 Å². The van der Waals surface area contributed by atoms with E-state index in [-0.39, 0.29) is 12.0 Å². The van der Waals surface area contributed by atoms with Crippen molar-refractivity contribution >= 4 is 10.1 Å². The van der Waals surface area contributed by atoms with Crippen LogP contribution >= 0.6 is 0 Å². The van der Waals surface area contributed by atoms with Gasteiger partial charge in [-0.3, -0.25) is 0 Å². The van der Waals surface area contributed by atoms with E-state index in [0.29, 0.717) is 0 Å². The summed E-state index contributed by atoms with van der Waals surface area (Å²) in [6.45, 7) is 0. The molecule has 0 spiro atoms. The van der Waals surface area contributed by atoms with Crippen LogP contribution in [0.3, 0.4) is 0 Å². The van der Waals surface area contributed by atoms with Crippen molar-refractivity contribution in [1.82, 2.24) is 0 Å². The highest BCUT2D eigenvalue weighted by Gasteiger charge is 2.49. The molecular formula is C10H8F4O3S. The van der Waals surface area contributed by atoms with Crippen molar-refractivity contribution in [2.45, 2.75) is 24.0 Å². The van der Waals surface area contributed by atoms with Gasteiger partial charge in [0.25, 0.3) is 0 Å².